The molecule has 0 aliphatic rings. The Kier molecular flexibility index (Phi) is 6.03. The zero-order chi connectivity index (χ0) is 8.69. The fourth-order valence-corrected chi connectivity index (χ4v) is 1.15. The molecular formula is C8H14O2S. The van der Waals surface area contributed by atoms with Gasteiger partial charge in [-0.2, -0.15) is 11.8 Å². The van der Waals surface area contributed by atoms with Gasteiger partial charge in [-0.1, -0.05) is 13.0 Å². The van der Waals surface area contributed by atoms with E-state index in [0.29, 0.717) is 5.57 Å². The van der Waals surface area contributed by atoms with Crippen LogP contribution in [0.4, 0.5) is 0 Å². The summed E-state index contributed by atoms with van der Waals surface area (Å²) in [5.74, 6) is 1.73. The molecule has 0 aromatic rings. The van der Waals surface area contributed by atoms with E-state index in [1.165, 1.54) is 7.11 Å². The molecule has 0 spiro atoms. The van der Waals surface area contributed by atoms with Gasteiger partial charge in [0.25, 0.3) is 0 Å². The van der Waals surface area contributed by atoms with Gasteiger partial charge < -0.3 is 4.74 Å². The molecule has 0 N–H and O–H groups in total. The first kappa shape index (κ1) is 10.6. The Morgan fingerprint density at radius 1 is 1.64 bits per heavy atom. The number of carbonyl (C=O) groups excluding carboxylic acids is 1. The number of ether oxygens (including phenoxy) is 1. The quantitative estimate of drug-likeness (QED) is 0.369. The van der Waals surface area contributed by atoms with Crippen molar-refractivity contribution in [2.45, 2.75) is 13.8 Å². The number of methoxy groups -OCH3 is 1. The molecule has 64 valence electrons. The molecule has 0 aliphatic carbocycles. The van der Waals surface area contributed by atoms with Crippen LogP contribution < -0.4 is 0 Å². The van der Waals surface area contributed by atoms with Gasteiger partial charge in [0, 0.05) is 11.3 Å². The van der Waals surface area contributed by atoms with Crippen molar-refractivity contribution in [3.63, 3.8) is 0 Å². The number of thioether (sulfide) groups is 1. The summed E-state index contributed by atoms with van der Waals surface area (Å²) >= 11 is 1.78. The maximum Gasteiger partial charge on any atom is 0.333 e. The van der Waals surface area contributed by atoms with Crippen molar-refractivity contribution in [3.05, 3.63) is 11.6 Å². The SMILES string of the molecule is CCSCC=C(C)C(=O)OC. The van der Waals surface area contributed by atoms with Gasteiger partial charge in [-0.25, -0.2) is 4.79 Å². The highest BCUT2D eigenvalue weighted by atomic mass is 32.2. The minimum Gasteiger partial charge on any atom is -0.466 e. The summed E-state index contributed by atoms with van der Waals surface area (Å²) in [6.45, 7) is 3.86. The predicted molar refractivity (Wildman–Crippen MR) is 48.8 cm³/mol. The number of esters is 1. The lowest BCUT2D eigenvalue weighted by atomic mass is 10.3. The Bertz CT molecular complexity index is 152. The van der Waals surface area contributed by atoms with Crippen LogP contribution in [0, 0.1) is 0 Å². The molecule has 0 radical (unpaired) electrons. The summed E-state index contributed by atoms with van der Waals surface area (Å²) in [6, 6.07) is 0. The average Bonchev–Trinajstić information content (AvgIpc) is 2.03. The number of hydrogen-bond donors (Lipinski definition) is 0. The second-order valence-corrected chi connectivity index (χ2v) is 3.36. The van der Waals surface area contributed by atoms with E-state index in [1.54, 1.807) is 18.7 Å². The molecule has 0 saturated carbocycles. The van der Waals surface area contributed by atoms with Gasteiger partial charge >= 0.3 is 5.97 Å². The van der Waals surface area contributed by atoms with E-state index in [1.807, 2.05) is 6.08 Å². The summed E-state index contributed by atoms with van der Waals surface area (Å²) in [5.41, 5.74) is 0.688. The van der Waals surface area contributed by atoms with Gasteiger partial charge in [-0.05, 0) is 12.7 Å². The third-order valence-corrected chi connectivity index (χ3v) is 2.03. The van der Waals surface area contributed by atoms with E-state index in [2.05, 4.69) is 11.7 Å². The average molecular weight is 174 g/mol. The van der Waals surface area contributed by atoms with E-state index in [4.69, 9.17) is 0 Å². The largest absolute Gasteiger partial charge is 0.466 e. The summed E-state index contributed by atoms with van der Waals surface area (Å²) in [7, 11) is 1.40. The number of rotatable bonds is 4. The first-order chi connectivity index (χ1) is 5.22. The van der Waals surface area contributed by atoms with Crippen LogP contribution in [-0.2, 0) is 9.53 Å². The van der Waals surface area contributed by atoms with Gasteiger partial charge in [0.1, 0.15) is 0 Å². The van der Waals surface area contributed by atoms with Crippen molar-refractivity contribution in [2.75, 3.05) is 18.6 Å². The lowest BCUT2D eigenvalue weighted by molar-refractivity contribution is -0.136. The van der Waals surface area contributed by atoms with E-state index >= 15 is 0 Å². The molecule has 0 aromatic heterocycles. The van der Waals surface area contributed by atoms with Gasteiger partial charge in [0.2, 0.25) is 0 Å². The third-order valence-electron chi connectivity index (χ3n) is 1.22. The molecule has 0 unspecified atom stereocenters. The maximum absolute atomic E-state index is 10.8. The van der Waals surface area contributed by atoms with Crippen molar-refractivity contribution < 1.29 is 9.53 Å². The highest BCUT2D eigenvalue weighted by Crippen LogP contribution is 2.02. The molecule has 11 heavy (non-hydrogen) atoms. The zero-order valence-corrected chi connectivity index (χ0v) is 8.03. The fraction of sp³-hybridized carbons (Fsp3) is 0.625. The minimum absolute atomic E-state index is 0.235. The summed E-state index contributed by atoms with van der Waals surface area (Å²) in [4.78, 5) is 10.8. The van der Waals surface area contributed by atoms with Gasteiger partial charge in [0.15, 0.2) is 0 Å². The van der Waals surface area contributed by atoms with Crippen molar-refractivity contribution in [1.29, 1.82) is 0 Å². The molecule has 0 bridgehead atoms. The molecule has 0 rings (SSSR count). The summed E-state index contributed by atoms with van der Waals surface area (Å²) < 4.78 is 4.53. The molecule has 0 amide bonds. The van der Waals surface area contributed by atoms with Crippen LogP contribution in [0.2, 0.25) is 0 Å². The molecule has 0 heterocycles. The normalized spacial score (nSPS) is 11.4. The smallest absolute Gasteiger partial charge is 0.333 e. The van der Waals surface area contributed by atoms with Crippen LogP contribution in [0.15, 0.2) is 11.6 Å². The van der Waals surface area contributed by atoms with Crippen LogP contribution in [0.3, 0.4) is 0 Å². The Morgan fingerprint density at radius 3 is 2.73 bits per heavy atom. The highest BCUT2D eigenvalue weighted by molar-refractivity contribution is 7.99. The lowest BCUT2D eigenvalue weighted by Crippen LogP contribution is -2.01. The molecule has 0 saturated heterocycles. The van der Waals surface area contributed by atoms with Crippen LogP contribution in [0.25, 0.3) is 0 Å². The van der Waals surface area contributed by atoms with Crippen LogP contribution in [-0.4, -0.2) is 24.6 Å². The highest BCUT2D eigenvalue weighted by Gasteiger charge is 2.00. The Hall–Kier alpha value is -0.440. The van der Waals surface area contributed by atoms with Crippen molar-refractivity contribution in [3.8, 4) is 0 Å². The summed E-state index contributed by atoms with van der Waals surface area (Å²) in [6.07, 6.45) is 1.89. The molecule has 0 aliphatic heterocycles. The van der Waals surface area contributed by atoms with Crippen molar-refractivity contribution in [2.24, 2.45) is 0 Å². The van der Waals surface area contributed by atoms with Gasteiger partial charge in [0.05, 0.1) is 7.11 Å². The van der Waals surface area contributed by atoms with E-state index in [9.17, 15) is 4.79 Å². The van der Waals surface area contributed by atoms with Crippen molar-refractivity contribution in [1.82, 2.24) is 0 Å². The Balaban J connectivity index is 3.71. The minimum atomic E-state index is -0.235. The second-order valence-electron chi connectivity index (χ2n) is 2.04. The topological polar surface area (TPSA) is 26.3 Å². The summed E-state index contributed by atoms with van der Waals surface area (Å²) in [5, 5.41) is 0. The fourth-order valence-electron chi connectivity index (χ4n) is 0.546. The molecular weight excluding hydrogens is 160 g/mol. The lowest BCUT2D eigenvalue weighted by Gasteiger charge is -1.97. The molecule has 0 fully saturated rings. The zero-order valence-electron chi connectivity index (χ0n) is 7.22. The monoisotopic (exact) mass is 174 g/mol. The molecule has 0 atom stereocenters. The third kappa shape index (κ3) is 4.90. The first-order valence-electron chi connectivity index (χ1n) is 3.55. The Labute approximate surface area is 72.0 Å². The van der Waals surface area contributed by atoms with Crippen molar-refractivity contribution >= 4 is 17.7 Å². The van der Waals surface area contributed by atoms with E-state index in [-0.39, 0.29) is 5.97 Å². The number of hydrogen-bond acceptors (Lipinski definition) is 3. The Morgan fingerprint density at radius 2 is 2.27 bits per heavy atom. The number of carbonyl (C=O) groups is 1. The van der Waals surface area contributed by atoms with E-state index < -0.39 is 0 Å². The van der Waals surface area contributed by atoms with Crippen LogP contribution in [0.5, 0.6) is 0 Å². The molecule has 0 aromatic carbocycles. The van der Waals surface area contributed by atoms with Gasteiger partial charge in [-0.15, -0.1) is 0 Å². The van der Waals surface area contributed by atoms with E-state index in [0.717, 1.165) is 11.5 Å². The standard InChI is InChI=1S/C8H14O2S/c1-4-11-6-5-7(2)8(9)10-3/h5H,4,6H2,1-3H3. The second kappa shape index (κ2) is 6.28. The maximum atomic E-state index is 10.8. The molecule has 3 heteroatoms. The first-order valence-corrected chi connectivity index (χ1v) is 4.70. The van der Waals surface area contributed by atoms with Crippen LogP contribution >= 0.6 is 11.8 Å². The molecule has 2 nitrogen and oxygen atoms in total. The predicted octanol–water partition coefficient (Wildman–Crippen LogP) is 1.86. The van der Waals surface area contributed by atoms with Crippen LogP contribution in [0.1, 0.15) is 13.8 Å². The van der Waals surface area contributed by atoms with Gasteiger partial charge in [-0.3, -0.25) is 0 Å².